The number of sulfone groups is 1. The van der Waals surface area contributed by atoms with E-state index >= 15 is 0 Å². The number of nitrogens with zero attached hydrogens (tertiary/aromatic N) is 2. The van der Waals surface area contributed by atoms with Crippen LogP contribution in [0.5, 0.6) is 0 Å². The first-order valence-electron chi connectivity index (χ1n) is 9.34. The van der Waals surface area contributed by atoms with Gasteiger partial charge >= 0.3 is 0 Å². The van der Waals surface area contributed by atoms with Crippen LogP contribution in [-0.2, 0) is 9.84 Å². The second kappa shape index (κ2) is 8.16. The van der Waals surface area contributed by atoms with Gasteiger partial charge in [-0.15, -0.1) is 0 Å². The average molecular weight is 435 g/mol. The number of hydrogen-bond acceptors (Lipinski definition) is 4. The number of halogens is 1. The molecule has 4 rings (SSSR count). The van der Waals surface area contributed by atoms with Crippen LogP contribution in [-0.4, -0.2) is 30.4 Å². The number of para-hydroxylation sites is 1. The van der Waals surface area contributed by atoms with E-state index in [1.807, 2.05) is 18.2 Å². The fourth-order valence-corrected chi connectivity index (χ4v) is 3.70. The molecule has 0 bridgehead atoms. The third kappa shape index (κ3) is 4.54. The molecule has 0 saturated carbocycles. The number of hydrogen-bond donors (Lipinski definition) is 1. The summed E-state index contributed by atoms with van der Waals surface area (Å²) in [6, 6.07) is 22.6. The Hall–Kier alpha value is -3.78. The third-order valence-electron chi connectivity index (χ3n) is 4.62. The normalized spacial score (nSPS) is 11.3. The molecule has 0 saturated heterocycles. The lowest BCUT2D eigenvalue weighted by Gasteiger charge is -2.08. The van der Waals surface area contributed by atoms with Gasteiger partial charge in [0.1, 0.15) is 5.82 Å². The van der Waals surface area contributed by atoms with Crippen LogP contribution < -0.4 is 5.32 Å². The van der Waals surface area contributed by atoms with E-state index in [1.165, 1.54) is 28.9 Å². The van der Waals surface area contributed by atoms with Crippen LogP contribution in [0.2, 0.25) is 0 Å². The summed E-state index contributed by atoms with van der Waals surface area (Å²) in [5.41, 5.74) is 2.56. The van der Waals surface area contributed by atoms with Crippen LogP contribution in [0.4, 0.5) is 10.1 Å². The van der Waals surface area contributed by atoms with Crippen LogP contribution in [0.25, 0.3) is 16.9 Å². The molecule has 156 valence electrons. The van der Waals surface area contributed by atoms with Crippen molar-refractivity contribution in [3.05, 3.63) is 96.4 Å². The van der Waals surface area contributed by atoms with Crippen molar-refractivity contribution >= 4 is 21.4 Å². The lowest BCUT2D eigenvalue weighted by Crippen LogP contribution is -2.13. The Morgan fingerprint density at radius 2 is 1.58 bits per heavy atom. The maximum absolute atomic E-state index is 13.4. The molecule has 0 aliphatic carbocycles. The maximum atomic E-state index is 13.4. The molecule has 1 aromatic heterocycles. The molecule has 0 spiro atoms. The largest absolute Gasteiger partial charge is 0.321 e. The fraction of sp³-hybridized carbons (Fsp3) is 0.0435. The smallest absolute Gasteiger partial charge is 0.276 e. The molecule has 3 aromatic carbocycles. The van der Waals surface area contributed by atoms with Crippen LogP contribution in [0, 0.1) is 5.82 Å². The second-order valence-electron chi connectivity index (χ2n) is 6.92. The first kappa shape index (κ1) is 20.5. The monoisotopic (exact) mass is 435 g/mol. The SMILES string of the molecule is CS(=O)(=O)c1ccc(-c2cc(C(=O)Nc3ccccc3)nn2-c2ccc(F)cc2)cc1. The minimum atomic E-state index is -3.34. The average Bonchev–Trinajstić information content (AvgIpc) is 3.20. The molecule has 8 heteroatoms. The Labute approximate surface area is 178 Å². The predicted molar refractivity (Wildman–Crippen MR) is 116 cm³/mol. The van der Waals surface area contributed by atoms with Gasteiger partial charge in [-0.3, -0.25) is 4.79 Å². The van der Waals surface area contributed by atoms with E-state index in [0.29, 0.717) is 22.6 Å². The number of amides is 1. The van der Waals surface area contributed by atoms with Crippen molar-refractivity contribution in [1.29, 1.82) is 0 Å². The van der Waals surface area contributed by atoms with E-state index in [4.69, 9.17) is 0 Å². The molecule has 0 aliphatic heterocycles. The Morgan fingerprint density at radius 3 is 2.19 bits per heavy atom. The van der Waals surface area contributed by atoms with E-state index < -0.39 is 21.6 Å². The Balaban J connectivity index is 1.77. The minimum Gasteiger partial charge on any atom is -0.321 e. The number of aromatic nitrogens is 2. The molecule has 1 heterocycles. The summed E-state index contributed by atoms with van der Waals surface area (Å²) in [6.45, 7) is 0. The van der Waals surface area contributed by atoms with Gasteiger partial charge in [-0.1, -0.05) is 30.3 Å². The first-order valence-corrected chi connectivity index (χ1v) is 11.2. The van der Waals surface area contributed by atoms with Gasteiger partial charge in [0.25, 0.3) is 5.91 Å². The summed E-state index contributed by atoms with van der Waals surface area (Å²) in [6.07, 6.45) is 1.14. The molecule has 0 atom stereocenters. The predicted octanol–water partition coefficient (Wildman–Crippen LogP) is 4.33. The summed E-state index contributed by atoms with van der Waals surface area (Å²) in [4.78, 5) is 12.9. The van der Waals surface area contributed by atoms with Gasteiger partial charge in [-0.2, -0.15) is 5.10 Å². The molecule has 1 amide bonds. The van der Waals surface area contributed by atoms with Gasteiger partial charge in [0, 0.05) is 17.5 Å². The zero-order valence-electron chi connectivity index (χ0n) is 16.5. The highest BCUT2D eigenvalue weighted by Crippen LogP contribution is 2.26. The summed E-state index contributed by atoms with van der Waals surface area (Å²) in [7, 11) is -3.34. The lowest BCUT2D eigenvalue weighted by atomic mass is 10.1. The van der Waals surface area contributed by atoms with E-state index in [0.717, 1.165) is 6.26 Å². The molecule has 6 nitrogen and oxygen atoms in total. The lowest BCUT2D eigenvalue weighted by molar-refractivity contribution is 0.102. The van der Waals surface area contributed by atoms with Gasteiger partial charge in [0.05, 0.1) is 16.3 Å². The van der Waals surface area contributed by atoms with Gasteiger partial charge in [0.15, 0.2) is 15.5 Å². The molecule has 4 aromatic rings. The highest BCUT2D eigenvalue weighted by Gasteiger charge is 2.18. The van der Waals surface area contributed by atoms with Gasteiger partial charge in [0.2, 0.25) is 0 Å². The highest BCUT2D eigenvalue weighted by molar-refractivity contribution is 7.90. The van der Waals surface area contributed by atoms with Crippen LogP contribution in [0.15, 0.2) is 89.8 Å². The van der Waals surface area contributed by atoms with Crippen LogP contribution >= 0.6 is 0 Å². The zero-order valence-corrected chi connectivity index (χ0v) is 17.3. The van der Waals surface area contributed by atoms with E-state index in [2.05, 4.69) is 10.4 Å². The van der Waals surface area contributed by atoms with Crippen molar-refractivity contribution < 1.29 is 17.6 Å². The number of anilines is 1. The van der Waals surface area contributed by atoms with Crippen molar-refractivity contribution in [1.82, 2.24) is 9.78 Å². The molecule has 0 fully saturated rings. The zero-order chi connectivity index (χ0) is 22.0. The minimum absolute atomic E-state index is 0.162. The summed E-state index contributed by atoms with van der Waals surface area (Å²) >= 11 is 0. The standard InChI is InChI=1S/C23H18FN3O3S/c1-31(29,30)20-13-7-16(8-14-20)22-15-21(23(28)25-18-5-3-2-4-6-18)26-27(22)19-11-9-17(24)10-12-19/h2-15H,1H3,(H,25,28). The van der Waals surface area contributed by atoms with E-state index in [9.17, 15) is 17.6 Å². The number of carbonyl (C=O) groups is 1. The summed E-state index contributed by atoms with van der Waals surface area (Å²) < 4.78 is 38.5. The van der Waals surface area contributed by atoms with Crippen molar-refractivity contribution in [3.63, 3.8) is 0 Å². The van der Waals surface area contributed by atoms with Crippen molar-refractivity contribution in [2.24, 2.45) is 0 Å². The van der Waals surface area contributed by atoms with Gasteiger partial charge in [-0.25, -0.2) is 17.5 Å². The molecule has 0 unspecified atom stereocenters. The third-order valence-corrected chi connectivity index (χ3v) is 5.75. The fourth-order valence-electron chi connectivity index (χ4n) is 3.07. The summed E-state index contributed by atoms with van der Waals surface area (Å²) in [5, 5.41) is 7.20. The second-order valence-corrected chi connectivity index (χ2v) is 8.94. The van der Waals surface area contributed by atoms with Gasteiger partial charge < -0.3 is 5.32 Å². The number of rotatable bonds is 5. The molecule has 1 N–H and O–H groups in total. The van der Waals surface area contributed by atoms with E-state index in [-0.39, 0.29) is 10.6 Å². The Morgan fingerprint density at radius 1 is 0.935 bits per heavy atom. The molecule has 31 heavy (non-hydrogen) atoms. The number of nitrogens with one attached hydrogen (secondary N) is 1. The van der Waals surface area contributed by atoms with Crippen molar-refractivity contribution in [3.8, 4) is 16.9 Å². The first-order chi connectivity index (χ1) is 14.8. The van der Waals surface area contributed by atoms with Crippen molar-refractivity contribution in [2.45, 2.75) is 4.90 Å². The molecule has 0 aliphatic rings. The number of benzene rings is 3. The van der Waals surface area contributed by atoms with Gasteiger partial charge in [-0.05, 0) is 54.6 Å². The van der Waals surface area contributed by atoms with Crippen LogP contribution in [0.3, 0.4) is 0 Å². The topological polar surface area (TPSA) is 81.1 Å². The Bertz CT molecular complexity index is 1330. The van der Waals surface area contributed by atoms with E-state index in [1.54, 1.807) is 42.5 Å². The molecule has 0 radical (unpaired) electrons. The van der Waals surface area contributed by atoms with Crippen molar-refractivity contribution in [2.75, 3.05) is 11.6 Å². The Kier molecular flexibility index (Phi) is 5.39. The quantitative estimate of drug-likeness (QED) is 0.506. The molecular formula is C23H18FN3O3S. The highest BCUT2D eigenvalue weighted by atomic mass is 32.2. The van der Waals surface area contributed by atoms with Crippen LogP contribution in [0.1, 0.15) is 10.5 Å². The molecular weight excluding hydrogens is 417 g/mol. The summed E-state index contributed by atoms with van der Waals surface area (Å²) in [5.74, 6) is -0.793. The maximum Gasteiger partial charge on any atom is 0.276 e. The number of carbonyl (C=O) groups excluding carboxylic acids is 1.